The van der Waals surface area contributed by atoms with Gasteiger partial charge in [0.15, 0.2) is 0 Å². The summed E-state index contributed by atoms with van der Waals surface area (Å²) in [7, 11) is 0. The van der Waals surface area contributed by atoms with Crippen molar-refractivity contribution in [1.82, 2.24) is 15.3 Å². The lowest BCUT2D eigenvalue weighted by molar-refractivity contribution is 0.534. The average molecular weight is 179 g/mol. The SMILES string of the molecule is CC(C)CCNCc1cnccn1. The summed E-state index contributed by atoms with van der Waals surface area (Å²) >= 11 is 0. The zero-order valence-electron chi connectivity index (χ0n) is 8.33. The summed E-state index contributed by atoms with van der Waals surface area (Å²) in [6, 6.07) is 0. The van der Waals surface area contributed by atoms with Gasteiger partial charge >= 0.3 is 0 Å². The van der Waals surface area contributed by atoms with Gasteiger partial charge in [-0.25, -0.2) is 0 Å². The third-order valence-corrected chi connectivity index (χ3v) is 1.82. The summed E-state index contributed by atoms with van der Waals surface area (Å²) in [6.45, 7) is 6.32. The van der Waals surface area contributed by atoms with Crippen LogP contribution in [-0.4, -0.2) is 16.5 Å². The molecule has 0 radical (unpaired) electrons. The molecule has 0 amide bonds. The van der Waals surface area contributed by atoms with Crippen LogP contribution in [0.2, 0.25) is 0 Å². The fourth-order valence-corrected chi connectivity index (χ4v) is 1.03. The van der Waals surface area contributed by atoms with Crippen LogP contribution in [0, 0.1) is 5.92 Å². The zero-order valence-corrected chi connectivity index (χ0v) is 8.33. The Bertz CT molecular complexity index is 221. The van der Waals surface area contributed by atoms with Crippen LogP contribution in [0.3, 0.4) is 0 Å². The first-order valence-electron chi connectivity index (χ1n) is 4.74. The molecule has 72 valence electrons. The van der Waals surface area contributed by atoms with Gasteiger partial charge in [0, 0.05) is 25.1 Å². The molecule has 0 aliphatic heterocycles. The Kier molecular flexibility index (Phi) is 4.40. The highest BCUT2D eigenvalue weighted by Crippen LogP contribution is 1.97. The van der Waals surface area contributed by atoms with Gasteiger partial charge in [-0.2, -0.15) is 0 Å². The highest BCUT2D eigenvalue weighted by molar-refractivity contribution is 4.93. The van der Waals surface area contributed by atoms with Crippen molar-refractivity contribution in [2.75, 3.05) is 6.54 Å². The van der Waals surface area contributed by atoms with Crippen LogP contribution in [0.1, 0.15) is 26.0 Å². The van der Waals surface area contributed by atoms with Crippen LogP contribution in [-0.2, 0) is 6.54 Å². The Morgan fingerprint density at radius 3 is 2.85 bits per heavy atom. The van der Waals surface area contributed by atoms with Crippen molar-refractivity contribution in [3.63, 3.8) is 0 Å². The van der Waals surface area contributed by atoms with E-state index >= 15 is 0 Å². The van der Waals surface area contributed by atoms with Crippen LogP contribution in [0.5, 0.6) is 0 Å². The minimum absolute atomic E-state index is 0.759. The van der Waals surface area contributed by atoms with Gasteiger partial charge in [0.25, 0.3) is 0 Å². The molecule has 0 spiro atoms. The van der Waals surface area contributed by atoms with Crippen molar-refractivity contribution in [2.24, 2.45) is 5.92 Å². The fraction of sp³-hybridized carbons (Fsp3) is 0.600. The Labute approximate surface area is 79.6 Å². The van der Waals surface area contributed by atoms with Crippen LogP contribution < -0.4 is 5.32 Å². The van der Waals surface area contributed by atoms with Gasteiger partial charge in [-0.05, 0) is 18.9 Å². The maximum absolute atomic E-state index is 4.17. The normalized spacial score (nSPS) is 10.7. The van der Waals surface area contributed by atoms with Crippen molar-refractivity contribution in [1.29, 1.82) is 0 Å². The van der Waals surface area contributed by atoms with Gasteiger partial charge in [0.05, 0.1) is 5.69 Å². The maximum Gasteiger partial charge on any atom is 0.0724 e. The smallest absolute Gasteiger partial charge is 0.0724 e. The van der Waals surface area contributed by atoms with Crippen molar-refractivity contribution in [3.8, 4) is 0 Å². The highest BCUT2D eigenvalue weighted by atomic mass is 14.9. The molecule has 0 aliphatic carbocycles. The molecule has 1 heterocycles. The fourth-order valence-electron chi connectivity index (χ4n) is 1.03. The summed E-state index contributed by atoms with van der Waals surface area (Å²) in [6.07, 6.45) is 6.42. The van der Waals surface area contributed by atoms with E-state index in [0.29, 0.717) is 0 Å². The second-order valence-corrected chi connectivity index (χ2v) is 3.56. The average Bonchev–Trinajstić information content (AvgIpc) is 2.14. The molecular weight excluding hydrogens is 162 g/mol. The molecule has 0 fully saturated rings. The molecule has 0 bridgehead atoms. The summed E-state index contributed by atoms with van der Waals surface area (Å²) in [5, 5.41) is 3.33. The van der Waals surface area contributed by atoms with Crippen LogP contribution in [0.25, 0.3) is 0 Å². The lowest BCUT2D eigenvalue weighted by Crippen LogP contribution is -2.17. The largest absolute Gasteiger partial charge is 0.311 e. The van der Waals surface area contributed by atoms with Crippen molar-refractivity contribution >= 4 is 0 Å². The summed E-state index contributed by atoms with van der Waals surface area (Å²) in [5.74, 6) is 0.759. The Balaban J connectivity index is 2.13. The molecule has 3 heteroatoms. The van der Waals surface area contributed by atoms with Crippen LogP contribution in [0.15, 0.2) is 18.6 Å². The molecule has 13 heavy (non-hydrogen) atoms. The Morgan fingerprint density at radius 1 is 1.38 bits per heavy atom. The van der Waals surface area contributed by atoms with Gasteiger partial charge in [-0.3, -0.25) is 9.97 Å². The standard InChI is InChI=1S/C10H17N3/c1-9(2)3-4-11-7-10-8-12-5-6-13-10/h5-6,8-9,11H,3-4,7H2,1-2H3. The summed E-state index contributed by atoms with van der Waals surface area (Å²) in [4.78, 5) is 8.17. The van der Waals surface area contributed by atoms with Gasteiger partial charge in [0.1, 0.15) is 0 Å². The lowest BCUT2D eigenvalue weighted by Gasteiger charge is -2.05. The monoisotopic (exact) mass is 179 g/mol. The molecule has 0 saturated carbocycles. The molecular formula is C10H17N3. The quantitative estimate of drug-likeness (QED) is 0.698. The van der Waals surface area contributed by atoms with E-state index in [1.165, 1.54) is 6.42 Å². The van der Waals surface area contributed by atoms with E-state index in [4.69, 9.17) is 0 Å². The first-order chi connectivity index (χ1) is 6.29. The maximum atomic E-state index is 4.17. The Morgan fingerprint density at radius 2 is 2.23 bits per heavy atom. The topological polar surface area (TPSA) is 37.8 Å². The van der Waals surface area contributed by atoms with Crippen molar-refractivity contribution in [3.05, 3.63) is 24.3 Å². The van der Waals surface area contributed by atoms with E-state index in [1.54, 1.807) is 18.6 Å². The second-order valence-electron chi connectivity index (χ2n) is 3.56. The Hall–Kier alpha value is -0.960. The minimum atomic E-state index is 0.759. The summed E-state index contributed by atoms with van der Waals surface area (Å²) in [5.41, 5.74) is 1.01. The van der Waals surface area contributed by atoms with Gasteiger partial charge < -0.3 is 5.32 Å². The zero-order chi connectivity index (χ0) is 9.52. The van der Waals surface area contributed by atoms with E-state index in [-0.39, 0.29) is 0 Å². The summed E-state index contributed by atoms with van der Waals surface area (Å²) < 4.78 is 0. The predicted molar refractivity (Wildman–Crippen MR) is 53.2 cm³/mol. The third-order valence-electron chi connectivity index (χ3n) is 1.82. The number of nitrogens with zero attached hydrogens (tertiary/aromatic N) is 2. The highest BCUT2D eigenvalue weighted by Gasteiger charge is 1.94. The predicted octanol–water partition coefficient (Wildman–Crippen LogP) is 1.61. The molecule has 1 N–H and O–H groups in total. The first kappa shape index (κ1) is 10.1. The number of hydrogen-bond acceptors (Lipinski definition) is 3. The molecule has 1 aromatic heterocycles. The van der Waals surface area contributed by atoms with E-state index in [0.717, 1.165) is 24.7 Å². The molecule has 0 aromatic carbocycles. The molecule has 0 saturated heterocycles. The van der Waals surface area contributed by atoms with Gasteiger partial charge in [-0.1, -0.05) is 13.8 Å². The second kappa shape index (κ2) is 5.65. The molecule has 1 aromatic rings. The van der Waals surface area contributed by atoms with Gasteiger partial charge in [-0.15, -0.1) is 0 Å². The van der Waals surface area contributed by atoms with Crippen molar-refractivity contribution in [2.45, 2.75) is 26.8 Å². The van der Waals surface area contributed by atoms with E-state index in [1.807, 2.05) is 0 Å². The number of aromatic nitrogens is 2. The molecule has 1 rings (SSSR count). The van der Waals surface area contributed by atoms with E-state index in [2.05, 4.69) is 29.1 Å². The number of hydrogen-bond donors (Lipinski definition) is 1. The first-order valence-corrected chi connectivity index (χ1v) is 4.74. The molecule has 3 nitrogen and oxygen atoms in total. The molecule has 0 aliphatic rings. The lowest BCUT2D eigenvalue weighted by atomic mass is 10.1. The number of rotatable bonds is 5. The van der Waals surface area contributed by atoms with Gasteiger partial charge in [0.2, 0.25) is 0 Å². The van der Waals surface area contributed by atoms with Crippen LogP contribution in [0.4, 0.5) is 0 Å². The van der Waals surface area contributed by atoms with Crippen LogP contribution >= 0.6 is 0 Å². The molecule has 0 atom stereocenters. The number of nitrogens with one attached hydrogen (secondary N) is 1. The molecule has 0 unspecified atom stereocenters. The van der Waals surface area contributed by atoms with E-state index < -0.39 is 0 Å². The minimum Gasteiger partial charge on any atom is -0.311 e. The van der Waals surface area contributed by atoms with Crippen molar-refractivity contribution < 1.29 is 0 Å². The third kappa shape index (κ3) is 4.58. The van der Waals surface area contributed by atoms with E-state index in [9.17, 15) is 0 Å².